The van der Waals surface area contributed by atoms with E-state index >= 15 is 0 Å². The summed E-state index contributed by atoms with van der Waals surface area (Å²) >= 11 is 0. The van der Waals surface area contributed by atoms with Gasteiger partial charge in [0.05, 0.1) is 0 Å². The summed E-state index contributed by atoms with van der Waals surface area (Å²) in [6.07, 6.45) is 23.4. The second-order valence-corrected chi connectivity index (χ2v) is 9.65. The molecule has 1 heterocycles. The summed E-state index contributed by atoms with van der Waals surface area (Å²) in [6.45, 7) is 4.61. The smallest absolute Gasteiger partial charge is 0.0403 e. The van der Waals surface area contributed by atoms with E-state index in [4.69, 9.17) is 4.98 Å². The van der Waals surface area contributed by atoms with Gasteiger partial charge < -0.3 is 0 Å². The first-order valence-electron chi connectivity index (χ1n) is 12.2. The van der Waals surface area contributed by atoms with Crippen LogP contribution in [0.25, 0.3) is 0 Å². The fourth-order valence-electron chi connectivity index (χ4n) is 5.79. The number of unbranched alkanes of at least 4 members (excludes halogenated alkanes) is 1. The molecular weight excluding hydrogens is 326 g/mol. The van der Waals surface area contributed by atoms with E-state index in [0.717, 1.165) is 23.7 Å². The van der Waals surface area contributed by atoms with E-state index in [1.54, 1.807) is 0 Å². The van der Waals surface area contributed by atoms with Gasteiger partial charge in [-0.15, -0.1) is 0 Å². The van der Waals surface area contributed by atoms with Crippen LogP contribution >= 0.6 is 0 Å². The molecule has 1 aromatic rings. The van der Waals surface area contributed by atoms with Crippen molar-refractivity contribution in [3.8, 4) is 0 Å². The van der Waals surface area contributed by atoms with Crippen molar-refractivity contribution in [3.05, 3.63) is 29.6 Å². The normalized spacial score (nSPS) is 29.0. The van der Waals surface area contributed by atoms with Crippen molar-refractivity contribution in [1.82, 2.24) is 4.98 Å². The number of pyridine rings is 1. The molecule has 3 rings (SSSR count). The van der Waals surface area contributed by atoms with Crippen LogP contribution in [0.5, 0.6) is 0 Å². The maximum absolute atomic E-state index is 4.73. The average molecular weight is 370 g/mol. The number of hydrogen-bond acceptors (Lipinski definition) is 1. The van der Waals surface area contributed by atoms with Gasteiger partial charge >= 0.3 is 0 Å². The molecule has 0 spiro atoms. The van der Waals surface area contributed by atoms with Gasteiger partial charge in [0.1, 0.15) is 0 Å². The molecule has 0 aromatic carbocycles. The lowest BCUT2D eigenvalue weighted by Gasteiger charge is -2.38. The van der Waals surface area contributed by atoms with Gasteiger partial charge in [0, 0.05) is 11.9 Å². The summed E-state index contributed by atoms with van der Waals surface area (Å²) in [4.78, 5) is 4.73. The van der Waals surface area contributed by atoms with Gasteiger partial charge in [-0.3, -0.25) is 4.98 Å². The highest BCUT2D eigenvalue weighted by Crippen LogP contribution is 2.42. The molecule has 152 valence electrons. The highest BCUT2D eigenvalue weighted by molar-refractivity contribution is 5.14. The number of hydrogen-bond donors (Lipinski definition) is 0. The summed E-state index contributed by atoms with van der Waals surface area (Å²) in [6, 6.07) is 4.59. The van der Waals surface area contributed by atoms with Crippen molar-refractivity contribution < 1.29 is 0 Å². The molecule has 1 aromatic heterocycles. The topological polar surface area (TPSA) is 12.9 Å². The van der Waals surface area contributed by atoms with Gasteiger partial charge in [-0.1, -0.05) is 64.9 Å². The van der Waals surface area contributed by atoms with Crippen molar-refractivity contribution >= 4 is 0 Å². The monoisotopic (exact) mass is 369 g/mol. The van der Waals surface area contributed by atoms with Crippen molar-refractivity contribution in [2.75, 3.05) is 0 Å². The molecule has 1 heteroatoms. The van der Waals surface area contributed by atoms with E-state index in [0.29, 0.717) is 0 Å². The molecule has 0 aliphatic heterocycles. The van der Waals surface area contributed by atoms with E-state index in [1.165, 1.54) is 108 Å². The maximum atomic E-state index is 4.73. The Morgan fingerprint density at radius 1 is 0.741 bits per heavy atom. The minimum atomic E-state index is 0.958. The van der Waals surface area contributed by atoms with Gasteiger partial charge in [0.15, 0.2) is 0 Å². The number of rotatable bonds is 9. The van der Waals surface area contributed by atoms with Crippen molar-refractivity contribution in [2.24, 2.45) is 23.7 Å². The van der Waals surface area contributed by atoms with Gasteiger partial charge in [0.25, 0.3) is 0 Å². The predicted octanol–water partition coefficient (Wildman–Crippen LogP) is 7.77. The first kappa shape index (κ1) is 20.9. The number of aromatic nitrogens is 1. The van der Waals surface area contributed by atoms with Crippen LogP contribution in [0, 0.1) is 23.7 Å². The molecule has 0 bridgehead atoms. The number of nitrogens with zero attached hydrogens (tertiary/aromatic N) is 1. The zero-order valence-corrected chi connectivity index (χ0v) is 18.1. The SMILES string of the molecule is CCCCc1ccc(CCC2CCC(C3CCC(CCC)CC3)CC2)nc1. The minimum absolute atomic E-state index is 0.958. The molecule has 0 atom stereocenters. The summed E-state index contributed by atoms with van der Waals surface area (Å²) < 4.78 is 0. The van der Waals surface area contributed by atoms with Crippen molar-refractivity contribution in [2.45, 2.75) is 110 Å². The fourth-order valence-corrected chi connectivity index (χ4v) is 5.79. The second kappa shape index (κ2) is 11.2. The van der Waals surface area contributed by atoms with E-state index < -0.39 is 0 Å². The van der Waals surface area contributed by atoms with Crippen LogP contribution in [-0.2, 0) is 12.8 Å². The zero-order chi connectivity index (χ0) is 18.9. The van der Waals surface area contributed by atoms with Gasteiger partial charge in [-0.25, -0.2) is 0 Å². The summed E-state index contributed by atoms with van der Waals surface area (Å²) in [7, 11) is 0. The Bertz CT molecular complexity index is 504. The highest BCUT2D eigenvalue weighted by Gasteiger charge is 2.30. The Hall–Kier alpha value is -0.850. The Morgan fingerprint density at radius 3 is 1.89 bits per heavy atom. The van der Waals surface area contributed by atoms with Crippen LogP contribution in [0.15, 0.2) is 18.3 Å². The molecule has 0 N–H and O–H groups in total. The lowest BCUT2D eigenvalue weighted by Crippen LogP contribution is -2.26. The molecule has 27 heavy (non-hydrogen) atoms. The third-order valence-electron chi connectivity index (χ3n) is 7.66. The molecule has 2 fully saturated rings. The fraction of sp³-hybridized carbons (Fsp3) is 0.808. The minimum Gasteiger partial charge on any atom is -0.261 e. The standard InChI is InChI=1S/C26H43N/c1-3-5-7-23-13-19-26(27-20-23)18-12-22-10-16-25(17-11-22)24-14-8-21(6-4-2)9-15-24/h13,19-22,24-25H,3-12,14-18H2,1-2H3. The molecule has 0 amide bonds. The van der Waals surface area contributed by atoms with Gasteiger partial charge in [-0.05, 0) is 86.7 Å². The Labute approximate surface area is 168 Å². The molecule has 2 saturated carbocycles. The van der Waals surface area contributed by atoms with Crippen LogP contribution in [0.2, 0.25) is 0 Å². The Morgan fingerprint density at radius 2 is 1.37 bits per heavy atom. The largest absolute Gasteiger partial charge is 0.261 e. The lowest BCUT2D eigenvalue weighted by molar-refractivity contribution is 0.141. The Kier molecular flexibility index (Phi) is 8.68. The molecule has 2 aliphatic carbocycles. The second-order valence-electron chi connectivity index (χ2n) is 9.65. The predicted molar refractivity (Wildman–Crippen MR) is 117 cm³/mol. The van der Waals surface area contributed by atoms with E-state index in [9.17, 15) is 0 Å². The van der Waals surface area contributed by atoms with Crippen LogP contribution < -0.4 is 0 Å². The van der Waals surface area contributed by atoms with Crippen LogP contribution in [0.3, 0.4) is 0 Å². The van der Waals surface area contributed by atoms with E-state index in [2.05, 4.69) is 32.2 Å². The van der Waals surface area contributed by atoms with Crippen LogP contribution in [0.4, 0.5) is 0 Å². The molecule has 2 aliphatic rings. The number of aryl methyl sites for hydroxylation is 2. The highest BCUT2D eigenvalue weighted by atomic mass is 14.7. The van der Waals surface area contributed by atoms with Crippen LogP contribution in [-0.4, -0.2) is 4.98 Å². The zero-order valence-electron chi connectivity index (χ0n) is 18.1. The van der Waals surface area contributed by atoms with E-state index in [-0.39, 0.29) is 0 Å². The Balaban J connectivity index is 1.34. The molecule has 1 nitrogen and oxygen atoms in total. The third kappa shape index (κ3) is 6.61. The first-order valence-corrected chi connectivity index (χ1v) is 12.2. The molecule has 0 saturated heterocycles. The molecule has 0 radical (unpaired) electrons. The summed E-state index contributed by atoms with van der Waals surface area (Å²) in [5, 5.41) is 0. The third-order valence-corrected chi connectivity index (χ3v) is 7.66. The van der Waals surface area contributed by atoms with Gasteiger partial charge in [-0.2, -0.15) is 0 Å². The molecular formula is C26H43N. The van der Waals surface area contributed by atoms with Crippen molar-refractivity contribution in [1.29, 1.82) is 0 Å². The first-order chi connectivity index (χ1) is 13.3. The lowest BCUT2D eigenvalue weighted by atomic mass is 9.68. The maximum Gasteiger partial charge on any atom is 0.0403 e. The summed E-state index contributed by atoms with van der Waals surface area (Å²) in [5.41, 5.74) is 2.72. The van der Waals surface area contributed by atoms with Gasteiger partial charge in [0.2, 0.25) is 0 Å². The summed E-state index contributed by atoms with van der Waals surface area (Å²) in [5.74, 6) is 4.14. The quantitative estimate of drug-likeness (QED) is 0.433. The van der Waals surface area contributed by atoms with Crippen LogP contribution in [0.1, 0.15) is 109 Å². The average Bonchev–Trinajstić information content (AvgIpc) is 2.73. The molecule has 0 unspecified atom stereocenters. The van der Waals surface area contributed by atoms with Crippen molar-refractivity contribution in [3.63, 3.8) is 0 Å². The van der Waals surface area contributed by atoms with E-state index in [1.807, 2.05) is 0 Å².